The average molecular weight is 136 g/mol. The van der Waals surface area contributed by atoms with Crippen molar-refractivity contribution < 1.29 is 4.79 Å². The van der Waals surface area contributed by atoms with E-state index in [-0.39, 0.29) is 0 Å². The van der Waals surface area contributed by atoms with Gasteiger partial charge in [0.15, 0.2) is 5.78 Å². The highest BCUT2D eigenvalue weighted by molar-refractivity contribution is 5.98. The Morgan fingerprint density at radius 1 is 1.30 bits per heavy atom. The van der Waals surface area contributed by atoms with Gasteiger partial charge in [0.25, 0.3) is 0 Å². The zero-order valence-corrected chi connectivity index (χ0v) is 6.48. The van der Waals surface area contributed by atoms with Crippen molar-refractivity contribution in [3.8, 4) is 0 Å². The molecule has 0 aromatic heterocycles. The molecule has 0 aliphatic heterocycles. The van der Waals surface area contributed by atoms with E-state index in [4.69, 9.17) is 0 Å². The average Bonchev–Trinajstić information content (AvgIpc) is 1.88. The summed E-state index contributed by atoms with van der Waals surface area (Å²) in [7, 11) is 0. The lowest BCUT2D eigenvalue weighted by Crippen LogP contribution is -2.05. The first-order valence-corrected chi connectivity index (χ1v) is 3.56. The molecule has 0 unspecified atom stereocenters. The molecule has 10 heavy (non-hydrogen) atoms. The predicted octanol–water partition coefficient (Wildman–Crippen LogP) is 2.24. The molecule has 1 aliphatic carbocycles. The minimum Gasteiger partial charge on any atom is -0.294 e. The molecule has 0 bridgehead atoms. The maximum absolute atomic E-state index is 11.1. The van der Waals surface area contributed by atoms with E-state index in [1.807, 2.05) is 19.9 Å². The summed E-state index contributed by atoms with van der Waals surface area (Å²) >= 11 is 0. The molecule has 0 spiro atoms. The standard InChI is InChI=1S/C9H12O/c1-7(2)8-5-3-4-6-9(8)10/h3-4H,5-6H2,1-2H3. The molecule has 1 heteroatoms. The van der Waals surface area contributed by atoms with Crippen molar-refractivity contribution in [2.24, 2.45) is 0 Å². The third-order valence-electron chi connectivity index (χ3n) is 1.73. The molecule has 0 amide bonds. The third kappa shape index (κ3) is 1.35. The van der Waals surface area contributed by atoms with E-state index in [9.17, 15) is 4.79 Å². The van der Waals surface area contributed by atoms with Crippen molar-refractivity contribution in [2.45, 2.75) is 26.7 Å². The molecular weight excluding hydrogens is 124 g/mol. The highest BCUT2D eigenvalue weighted by Gasteiger charge is 2.10. The SMILES string of the molecule is CC(C)=C1CC=CCC1=O. The lowest BCUT2D eigenvalue weighted by atomic mass is 9.96. The lowest BCUT2D eigenvalue weighted by Gasteiger charge is -2.08. The van der Waals surface area contributed by atoms with Gasteiger partial charge in [-0.2, -0.15) is 0 Å². The van der Waals surface area contributed by atoms with Gasteiger partial charge in [-0.25, -0.2) is 0 Å². The van der Waals surface area contributed by atoms with Crippen LogP contribution < -0.4 is 0 Å². The highest BCUT2D eigenvalue weighted by atomic mass is 16.1. The second-order valence-electron chi connectivity index (χ2n) is 2.78. The number of rotatable bonds is 0. The lowest BCUT2D eigenvalue weighted by molar-refractivity contribution is -0.115. The molecule has 1 nitrogen and oxygen atoms in total. The van der Waals surface area contributed by atoms with Gasteiger partial charge in [-0.05, 0) is 25.8 Å². The van der Waals surface area contributed by atoms with Crippen molar-refractivity contribution >= 4 is 5.78 Å². The molecule has 1 rings (SSSR count). The third-order valence-corrected chi connectivity index (χ3v) is 1.73. The van der Waals surface area contributed by atoms with Crippen molar-refractivity contribution in [1.29, 1.82) is 0 Å². The van der Waals surface area contributed by atoms with Gasteiger partial charge in [-0.15, -0.1) is 0 Å². The van der Waals surface area contributed by atoms with Crippen LogP contribution in [-0.2, 0) is 4.79 Å². The fourth-order valence-corrected chi connectivity index (χ4v) is 1.11. The Hall–Kier alpha value is -0.850. The Balaban J connectivity index is 2.89. The van der Waals surface area contributed by atoms with Gasteiger partial charge >= 0.3 is 0 Å². The van der Waals surface area contributed by atoms with Crippen molar-refractivity contribution in [3.05, 3.63) is 23.3 Å². The van der Waals surface area contributed by atoms with Crippen LogP contribution in [0.2, 0.25) is 0 Å². The van der Waals surface area contributed by atoms with Crippen LogP contribution in [0.5, 0.6) is 0 Å². The fraction of sp³-hybridized carbons (Fsp3) is 0.444. The van der Waals surface area contributed by atoms with Gasteiger partial charge in [0.1, 0.15) is 0 Å². The van der Waals surface area contributed by atoms with Gasteiger partial charge in [0.2, 0.25) is 0 Å². The Bertz CT molecular complexity index is 205. The highest BCUT2D eigenvalue weighted by Crippen LogP contribution is 2.16. The summed E-state index contributed by atoms with van der Waals surface area (Å²) in [5.41, 5.74) is 2.16. The summed E-state index contributed by atoms with van der Waals surface area (Å²) in [6, 6.07) is 0. The Morgan fingerprint density at radius 2 is 1.90 bits per heavy atom. The zero-order chi connectivity index (χ0) is 7.56. The van der Waals surface area contributed by atoms with E-state index < -0.39 is 0 Å². The van der Waals surface area contributed by atoms with Crippen LogP contribution in [0, 0.1) is 0 Å². The van der Waals surface area contributed by atoms with E-state index in [2.05, 4.69) is 6.08 Å². The minimum atomic E-state index is 0.294. The first kappa shape index (κ1) is 7.26. The second kappa shape index (κ2) is 2.82. The number of allylic oxidation sites excluding steroid dienone is 4. The van der Waals surface area contributed by atoms with E-state index >= 15 is 0 Å². The van der Waals surface area contributed by atoms with Crippen molar-refractivity contribution in [2.75, 3.05) is 0 Å². The quantitative estimate of drug-likeness (QED) is 0.368. The number of hydrogen-bond donors (Lipinski definition) is 0. The van der Waals surface area contributed by atoms with E-state index in [0.29, 0.717) is 12.2 Å². The topological polar surface area (TPSA) is 17.1 Å². The predicted molar refractivity (Wildman–Crippen MR) is 41.8 cm³/mol. The van der Waals surface area contributed by atoms with Gasteiger partial charge in [0.05, 0.1) is 0 Å². The summed E-state index contributed by atoms with van der Waals surface area (Å²) in [4.78, 5) is 11.1. The number of ketones is 1. The summed E-state index contributed by atoms with van der Waals surface area (Å²) in [6.07, 6.45) is 5.43. The van der Waals surface area contributed by atoms with Crippen LogP contribution in [-0.4, -0.2) is 5.78 Å². The van der Waals surface area contributed by atoms with Gasteiger partial charge < -0.3 is 0 Å². The molecule has 1 aliphatic rings. The fourth-order valence-electron chi connectivity index (χ4n) is 1.11. The smallest absolute Gasteiger partial charge is 0.162 e. The number of carbonyl (C=O) groups is 1. The van der Waals surface area contributed by atoms with Crippen LogP contribution in [0.15, 0.2) is 23.3 Å². The van der Waals surface area contributed by atoms with Crippen LogP contribution in [0.25, 0.3) is 0 Å². The van der Waals surface area contributed by atoms with E-state index in [1.54, 1.807) is 0 Å². The first-order chi connectivity index (χ1) is 4.72. The van der Waals surface area contributed by atoms with Crippen LogP contribution in [0.4, 0.5) is 0 Å². The molecule has 0 N–H and O–H groups in total. The minimum absolute atomic E-state index is 0.294. The molecule has 0 saturated carbocycles. The molecular formula is C9H12O. The normalized spacial score (nSPS) is 17.8. The molecule has 0 heterocycles. The summed E-state index contributed by atoms with van der Waals surface area (Å²) in [6.45, 7) is 3.98. The van der Waals surface area contributed by atoms with Gasteiger partial charge in [0, 0.05) is 6.42 Å². The first-order valence-electron chi connectivity index (χ1n) is 3.56. The molecule has 0 saturated heterocycles. The molecule has 0 atom stereocenters. The van der Waals surface area contributed by atoms with Gasteiger partial charge in [-0.1, -0.05) is 17.7 Å². The van der Waals surface area contributed by atoms with Crippen LogP contribution >= 0.6 is 0 Å². The maximum atomic E-state index is 11.1. The monoisotopic (exact) mass is 136 g/mol. The van der Waals surface area contributed by atoms with Crippen LogP contribution in [0.3, 0.4) is 0 Å². The Labute approximate surface area is 61.4 Å². The van der Waals surface area contributed by atoms with E-state index in [1.165, 1.54) is 0 Å². The molecule has 0 aromatic rings. The van der Waals surface area contributed by atoms with E-state index in [0.717, 1.165) is 17.6 Å². The summed E-state index contributed by atoms with van der Waals surface area (Å²) in [5.74, 6) is 0.294. The Kier molecular flexibility index (Phi) is 2.05. The summed E-state index contributed by atoms with van der Waals surface area (Å²) in [5, 5.41) is 0. The zero-order valence-electron chi connectivity index (χ0n) is 6.48. The van der Waals surface area contributed by atoms with Crippen molar-refractivity contribution in [1.82, 2.24) is 0 Å². The number of Topliss-reactive ketones (excluding diaryl/α,β-unsaturated/α-hetero) is 1. The molecule has 0 fully saturated rings. The maximum Gasteiger partial charge on any atom is 0.162 e. The molecule has 54 valence electrons. The largest absolute Gasteiger partial charge is 0.294 e. The van der Waals surface area contributed by atoms with Crippen LogP contribution in [0.1, 0.15) is 26.7 Å². The van der Waals surface area contributed by atoms with Crippen molar-refractivity contribution in [3.63, 3.8) is 0 Å². The number of hydrogen-bond acceptors (Lipinski definition) is 1. The molecule has 0 aromatic carbocycles. The Morgan fingerprint density at radius 3 is 2.30 bits per heavy atom. The summed E-state index contributed by atoms with van der Waals surface area (Å²) < 4.78 is 0. The molecule has 0 radical (unpaired) electrons. The number of carbonyl (C=O) groups excluding carboxylic acids is 1. The van der Waals surface area contributed by atoms with Gasteiger partial charge in [-0.3, -0.25) is 4.79 Å². The second-order valence-corrected chi connectivity index (χ2v) is 2.78.